The van der Waals surface area contributed by atoms with E-state index in [1.807, 2.05) is 68.3 Å². The fourth-order valence-electron chi connectivity index (χ4n) is 7.27. The SMILES string of the molecule is N#CC1=CCCC(C#N)=C1n1c2ccccc2c2c1c1c(c3ccccc3n1-c1c(C#N)cccc1C#N)n2-c1c(C#N)cccc1C#N. The quantitative estimate of drug-likeness (QED) is 0.193. The van der Waals surface area contributed by atoms with Gasteiger partial charge in [-0.25, -0.2) is 0 Å². The van der Waals surface area contributed by atoms with E-state index in [-0.39, 0.29) is 22.3 Å². The first kappa shape index (κ1) is 28.6. The predicted octanol–water partition coefficient (Wildman–Crippen LogP) is 8.15. The van der Waals surface area contributed by atoms with Gasteiger partial charge in [-0.05, 0) is 49.2 Å². The van der Waals surface area contributed by atoms with Gasteiger partial charge < -0.3 is 13.7 Å². The second-order valence-electron chi connectivity index (χ2n) is 11.5. The van der Waals surface area contributed by atoms with Crippen LogP contribution in [-0.2, 0) is 0 Å². The van der Waals surface area contributed by atoms with Crippen LogP contribution in [0.15, 0.2) is 102 Å². The van der Waals surface area contributed by atoms with Crippen molar-refractivity contribution in [3.8, 4) is 47.8 Å². The van der Waals surface area contributed by atoms with Crippen LogP contribution >= 0.6 is 0 Å². The van der Waals surface area contributed by atoms with Crippen LogP contribution in [0, 0.1) is 68.0 Å². The fraction of sp³-hybridized carbons (Fsp3) is 0.0500. The molecule has 3 aromatic heterocycles. The highest BCUT2D eigenvalue weighted by Gasteiger charge is 2.32. The molecular weight excluding hydrogens is 607 g/mol. The van der Waals surface area contributed by atoms with Gasteiger partial charge in [-0.2, -0.15) is 31.6 Å². The molecule has 0 bridgehead atoms. The van der Waals surface area contributed by atoms with Gasteiger partial charge in [0.2, 0.25) is 0 Å². The van der Waals surface area contributed by atoms with Crippen molar-refractivity contribution >= 4 is 49.6 Å². The minimum Gasteiger partial charge on any atom is -0.304 e. The highest BCUT2D eigenvalue weighted by atomic mass is 15.1. The molecule has 49 heavy (non-hydrogen) atoms. The van der Waals surface area contributed by atoms with Crippen molar-refractivity contribution in [2.45, 2.75) is 12.8 Å². The van der Waals surface area contributed by atoms with Crippen LogP contribution in [0.2, 0.25) is 0 Å². The summed E-state index contributed by atoms with van der Waals surface area (Å²) >= 11 is 0. The summed E-state index contributed by atoms with van der Waals surface area (Å²) in [6.45, 7) is 0. The Kier molecular flexibility index (Phi) is 6.38. The highest BCUT2D eigenvalue weighted by molar-refractivity contribution is 6.26. The van der Waals surface area contributed by atoms with Gasteiger partial charge in [0.25, 0.3) is 0 Å². The molecule has 7 aromatic rings. The van der Waals surface area contributed by atoms with Gasteiger partial charge in [-0.3, -0.25) is 0 Å². The maximum absolute atomic E-state index is 10.4. The number of fused-ring (bicyclic) bond motifs is 7. The Morgan fingerprint density at radius 2 is 0.918 bits per heavy atom. The molecule has 9 nitrogen and oxygen atoms in total. The van der Waals surface area contributed by atoms with Gasteiger partial charge in [-0.1, -0.05) is 54.6 Å². The van der Waals surface area contributed by atoms with Crippen LogP contribution in [0.25, 0.3) is 60.9 Å². The molecule has 0 aliphatic heterocycles. The third-order valence-electron chi connectivity index (χ3n) is 9.13. The van der Waals surface area contributed by atoms with E-state index >= 15 is 0 Å². The van der Waals surface area contributed by atoms with Crippen molar-refractivity contribution in [3.63, 3.8) is 0 Å². The summed E-state index contributed by atoms with van der Waals surface area (Å²) in [6, 6.07) is 39.0. The molecule has 0 amide bonds. The molecule has 0 radical (unpaired) electrons. The first-order valence-electron chi connectivity index (χ1n) is 15.3. The molecule has 0 fully saturated rings. The maximum Gasteiger partial charge on any atom is 0.101 e. The van der Waals surface area contributed by atoms with Crippen molar-refractivity contribution < 1.29 is 0 Å². The lowest BCUT2D eigenvalue weighted by molar-refractivity contribution is 0.967. The average molecular weight is 626 g/mol. The smallest absolute Gasteiger partial charge is 0.101 e. The number of rotatable bonds is 3. The summed E-state index contributed by atoms with van der Waals surface area (Å²) in [5.41, 5.74) is 6.89. The number of hydrogen-bond acceptors (Lipinski definition) is 6. The van der Waals surface area contributed by atoms with Gasteiger partial charge in [-0.15, -0.1) is 0 Å². The topological polar surface area (TPSA) is 158 Å². The summed E-state index contributed by atoms with van der Waals surface area (Å²) in [5.74, 6) is 0. The van der Waals surface area contributed by atoms with E-state index in [0.717, 1.165) is 10.8 Å². The Hall–Kier alpha value is -7.82. The minimum atomic E-state index is 0.271. The van der Waals surface area contributed by atoms with E-state index in [2.05, 4.69) is 36.4 Å². The number of nitriles is 6. The van der Waals surface area contributed by atoms with Crippen molar-refractivity contribution in [3.05, 3.63) is 124 Å². The van der Waals surface area contributed by atoms with E-state index in [1.165, 1.54) is 0 Å². The van der Waals surface area contributed by atoms with E-state index in [4.69, 9.17) is 0 Å². The Balaban J connectivity index is 1.79. The van der Waals surface area contributed by atoms with Crippen LogP contribution < -0.4 is 0 Å². The second kappa shape index (κ2) is 10.9. The Bertz CT molecular complexity index is 2890. The molecular formula is C40H19N9. The van der Waals surface area contributed by atoms with Crippen LogP contribution in [0.4, 0.5) is 0 Å². The lowest BCUT2D eigenvalue weighted by Crippen LogP contribution is -2.07. The zero-order valence-corrected chi connectivity index (χ0v) is 25.6. The first-order valence-corrected chi connectivity index (χ1v) is 15.3. The molecule has 0 saturated heterocycles. The van der Waals surface area contributed by atoms with Gasteiger partial charge >= 0.3 is 0 Å². The summed E-state index contributed by atoms with van der Waals surface area (Å²) in [7, 11) is 0. The van der Waals surface area contributed by atoms with Crippen molar-refractivity contribution in [2.24, 2.45) is 0 Å². The Morgan fingerprint density at radius 1 is 0.449 bits per heavy atom. The van der Waals surface area contributed by atoms with Crippen LogP contribution in [0.3, 0.4) is 0 Å². The second-order valence-corrected chi connectivity index (χ2v) is 11.5. The molecule has 1 aliphatic rings. The zero-order chi connectivity index (χ0) is 33.8. The number of nitrogens with zero attached hydrogens (tertiary/aromatic N) is 9. The Labute approximate surface area is 279 Å². The predicted molar refractivity (Wildman–Crippen MR) is 184 cm³/mol. The number of para-hydroxylation sites is 4. The average Bonchev–Trinajstić information content (AvgIpc) is 3.78. The maximum atomic E-state index is 10.4. The van der Waals surface area contributed by atoms with Gasteiger partial charge in [0.15, 0.2) is 0 Å². The monoisotopic (exact) mass is 625 g/mol. The van der Waals surface area contributed by atoms with Crippen molar-refractivity contribution in [1.82, 2.24) is 13.7 Å². The standard InChI is InChI=1S/C40H19N9/c41-18-24-8-5-9-25(19-42)34(24)47-32-16-3-1-14-30(32)37-39(47)40-38(49(37)36-28(22-45)12-7-13-29(36)23-46)31-15-2-4-17-33(31)48(40)35-26(20-43)10-6-11-27(35)21-44/h1-5,7-10,12-17H,6,11H2. The zero-order valence-electron chi connectivity index (χ0n) is 25.6. The third kappa shape index (κ3) is 3.80. The van der Waals surface area contributed by atoms with Crippen LogP contribution in [0.5, 0.6) is 0 Å². The summed E-state index contributed by atoms with van der Waals surface area (Å²) in [5, 5.41) is 63.9. The fourth-order valence-corrected chi connectivity index (χ4v) is 7.27. The third-order valence-corrected chi connectivity index (χ3v) is 9.13. The van der Waals surface area contributed by atoms with E-state index < -0.39 is 0 Å². The number of hydrogen-bond donors (Lipinski definition) is 0. The highest BCUT2D eigenvalue weighted by Crippen LogP contribution is 2.48. The summed E-state index contributed by atoms with van der Waals surface area (Å²) < 4.78 is 5.74. The summed E-state index contributed by atoms with van der Waals surface area (Å²) in [6.07, 6.45) is 2.80. The van der Waals surface area contributed by atoms with Crippen LogP contribution in [0.1, 0.15) is 35.1 Å². The number of aromatic nitrogens is 3. The summed E-state index contributed by atoms with van der Waals surface area (Å²) in [4.78, 5) is 0. The Morgan fingerprint density at radius 3 is 1.41 bits per heavy atom. The minimum absolute atomic E-state index is 0.271. The molecule has 0 N–H and O–H groups in total. The van der Waals surface area contributed by atoms with E-state index in [0.29, 0.717) is 74.2 Å². The number of benzene rings is 4. The molecule has 0 saturated carbocycles. The molecule has 0 unspecified atom stereocenters. The van der Waals surface area contributed by atoms with Crippen LogP contribution in [-0.4, -0.2) is 13.7 Å². The normalized spacial score (nSPS) is 12.7. The lowest BCUT2D eigenvalue weighted by atomic mass is 9.96. The molecule has 0 atom stereocenters. The largest absolute Gasteiger partial charge is 0.304 e. The van der Waals surface area contributed by atoms with Crippen molar-refractivity contribution in [1.29, 1.82) is 31.6 Å². The molecule has 3 heterocycles. The van der Waals surface area contributed by atoms with E-state index in [9.17, 15) is 31.6 Å². The molecule has 0 spiro atoms. The van der Waals surface area contributed by atoms with E-state index in [1.54, 1.807) is 36.4 Å². The molecule has 1 aliphatic carbocycles. The van der Waals surface area contributed by atoms with Crippen molar-refractivity contribution in [2.75, 3.05) is 0 Å². The molecule has 4 aromatic carbocycles. The molecule has 9 heteroatoms. The molecule has 224 valence electrons. The first-order chi connectivity index (χ1) is 24.1. The van der Waals surface area contributed by atoms with Gasteiger partial charge in [0.05, 0.1) is 89.6 Å². The number of allylic oxidation sites excluding steroid dienone is 4. The van der Waals surface area contributed by atoms with Gasteiger partial charge in [0.1, 0.15) is 30.3 Å². The molecule has 8 rings (SSSR count). The van der Waals surface area contributed by atoms with Gasteiger partial charge in [0, 0.05) is 10.8 Å². The lowest BCUT2D eigenvalue weighted by Gasteiger charge is -2.18.